The molecule has 3 nitrogen and oxygen atoms in total. The van der Waals surface area contributed by atoms with Gasteiger partial charge in [-0.3, -0.25) is 10.3 Å². The Kier molecular flexibility index (Phi) is 4.15. The summed E-state index contributed by atoms with van der Waals surface area (Å²) in [7, 11) is 0. The zero-order chi connectivity index (χ0) is 13.9. The van der Waals surface area contributed by atoms with Crippen LogP contribution < -0.4 is 5.32 Å². The Hall–Kier alpha value is -1.23. The van der Waals surface area contributed by atoms with Gasteiger partial charge in [-0.25, -0.2) is 0 Å². The number of aromatic nitrogens is 1. The van der Waals surface area contributed by atoms with Crippen molar-refractivity contribution in [1.82, 2.24) is 10.3 Å². The zero-order valence-electron chi connectivity index (χ0n) is 11.3. The van der Waals surface area contributed by atoms with Gasteiger partial charge in [0.05, 0.1) is 6.73 Å². The normalized spacial score (nSPS) is 22.7. The molecule has 20 heavy (non-hydrogen) atoms. The van der Waals surface area contributed by atoms with Crippen LogP contribution >= 0.6 is 15.9 Å². The average Bonchev–Trinajstić information content (AvgIpc) is 2.45. The summed E-state index contributed by atoms with van der Waals surface area (Å²) in [6.07, 6.45) is 4.59. The van der Waals surface area contributed by atoms with Gasteiger partial charge in [-0.2, -0.15) is 0 Å². The van der Waals surface area contributed by atoms with Gasteiger partial charge in [0.25, 0.3) is 0 Å². The second kappa shape index (κ2) is 6.04. The van der Waals surface area contributed by atoms with Gasteiger partial charge in [0.2, 0.25) is 0 Å². The summed E-state index contributed by atoms with van der Waals surface area (Å²) in [5.41, 5.74) is 3.63. The molecule has 2 heterocycles. The van der Waals surface area contributed by atoms with Gasteiger partial charge in [0.15, 0.2) is 0 Å². The Labute approximate surface area is 127 Å². The number of nitrogens with zero attached hydrogens (tertiary/aromatic N) is 1. The van der Waals surface area contributed by atoms with Crippen molar-refractivity contribution in [3.05, 3.63) is 63.9 Å². The highest BCUT2D eigenvalue weighted by atomic mass is 79.9. The first-order chi connectivity index (χ1) is 9.74. The molecule has 1 aliphatic rings. The van der Waals surface area contributed by atoms with E-state index in [4.69, 9.17) is 4.74 Å². The third-order valence-electron chi connectivity index (χ3n) is 3.59. The predicted molar refractivity (Wildman–Crippen MR) is 82.5 cm³/mol. The van der Waals surface area contributed by atoms with Crippen LogP contribution in [0.3, 0.4) is 0 Å². The number of fused-ring (bicyclic) bond motifs is 1. The summed E-state index contributed by atoms with van der Waals surface area (Å²) in [4.78, 5) is 4.21. The molecule has 1 aliphatic heterocycles. The number of hydrogen-bond acceptors (Lipinski definition) is 3. The van der Waals surface area contributed by atoms with Gasteiger partial charge in [-0.05, 0) is 42.7 Å². The van der Waals surface area contributed by atoms with Crippen molar-refractivity contribution in [2.24, 2.45) is 0 Å². The summed E-state index contributed by atoms with van der Waals surface area (Å²) in [5, 5.41) is 3.39. The van der Waals surface area contributed by atoms with Crippen molar-refractivity contribution in [3.8, 4) is 0 Å². The topological polar surface area (TPSA) is 34.1 Å². The molecule has 2 aromatic rings. The number of hydrogen-bond donors (Lipinski definition) is 1. The van der Waals surface area contributed by atoms with Crippen LogP contribution in [0.2, 0.25) is 0 Å². The summed E-state index contributed by atoms with van der Waals surface area (Å²) in [5.74, 6) is 0. The second-order valence-electron chi connectivity index (χ2n) is 5.13. The van der Waals surface area contributed by atoms with Crippen molar-refractivity contribution in [1.29, 1.82) is 0 Å². The number of pyridine rings is 1. The molecule has 0 radical (unpaired) electrons. The van der Waals surface area contributed by atoms with E-state index in [1.807, 2.05) is 12.3 Å². The lowest BCUT2D eigenvalue weighted by Crippen LogP contribution is -2.34. The lowest BCUT2D eigenvalue weighted by Gasteiger charge is -2.27. The molecule has 0 spiro atoms. The number of rotatable bonds is 1. The molecule has 0 aliphatic carbocycles. The van der Waals surface area contributed by atoms with Crippen LogP contribution in [0.5, 0.6) is 0 Å². The highest BCUT2D eigenvalue weighted by Gasteiger charge is 2.22. The second-order valence-corrected chi connectivity index (χ2v) is 6.05. The lowest BCUT2D eigenvalue weighted by molar-refractivity contribution is 0.0551. The minimum Gasteiger partial charge on any atom is -0.354 e. The van der Waals surface area contributed by atoms with Crippen molar-refractivity contribution in [2.75, 3.05) is 6.73 Å². The Bertz CT molecular complexity index is 588. The third-order valence-corrected chi connectivity index (χ3v) is 4.08. The molecule has 4 heteroatoms. The van der Waals surface area contributed by atoms with Crippen molar-refractivity contribution >= 4 is 15.9 Å². The van der Waals surface area contributed by atoms with E-state index in [0.717, 1.165) is 16.5 Å². The predicted octanol–water partition coefficient (Wildman–Crippen LogP) is 3.44. The summed E-state index contributed by atoms with van der Waals surface area (Å²) in [6.45, 7) is 2.73. The molecule has 2 unspecified atom stereocenters. The van der Waals surface area contributed by atoms with E-state index in [2.05, 4.69) is 57.4 Å². The van der Waals surface area contributed by atoms with Crippen LogP contribution in [0.4, 0.5) is 0 Å². The van der Waals surface area contributed by atoms with E-state index in [9.17, 15) is 0 Å². The van der Waals surface area contributed by atoms with Crippen LogP contribution in [-0.4, -0.2) is 17.8 Å². The van der Waals surface area contributed by atoms with E-state index >= 15 is 0 Å². The van der Waals surface area contributed by atoms with Crippen LogP contribution in [0.1, 0.15) is 29.7 Å². The standard InChI is InChI=1S/C16H17BrN2O/c1-11-7-12-4-5-14(17)8-15(12)16(20-10-19-11)13-3-2-6-18-9-13/h2-6,8-9,11,16,19H,7,10H2,1H3. The summed E-state index contributed by atoms with van der Waals surface area (Å²) >= 11 is 3.56. The lowest BCUT2D eigenvalue weighted by atomic mass is 9.93. The molecule has 0 bridgehead atoms. The van der Waals surface area contributed by atoms with E-state index < -0.39 is 0 Å². The first-order valence-electron chi connectivity index (χ1n) is 6.77. The van der Waals surface area contributed by atoms with Crippen LogP contribution in [0.15, 0.2) is 47.2 Å². The molecule has 0 saturated heterocycles. The van der Waals surface area contributed by atoms with Crippen molar-refractivity contribution < 1.29 is 4.74 Å². The van der Waals surface area contributed by atoms with Gasteiger partial charge in [-0.1, -0.05) is 28.1 Å². The maximum atomic E-state index is 6.05. The number of ether oxygens (including phenoxy) is 1. The number of benzene rings is 1. The minimum absolute atomic E-state index is 0.0730. The smallest absolute Gasteiger partial charge is 0.111 e. The number of halogens is 1. The first-order valence-corrected chi connectivity index (χ1v) is 7.56. The highest BCUT2D eigenvalue weighted by Crippen LogP contribution is 2.32. The molecule has 104 valence electrons. The quantitative estimate of drug-likeness (QED) is 0.868. The van der Waals surface area contributed by atoms with Gasteiger partial charge >= 0.3 is 0 Å². The minimum atomic E-state index is -0.0730. The zero-order valence-corrected chi connectivity index (χ0v) is 12.9. The molecule has 1 aromatic carbocycles. The molecule has 1 N–H and O–H groups in total. The van der Waals surface area contributed by atoms with Gasteiger partial charge in [0, 0.05) is 28.5 Å². The van der Waals surface area contributed by atoms with Crippen LogP contribution in [0, 0.1) is 0 Å². The van der Waals surface area contributed by atoms with E-state index in [1.54, 1.807) is 6.20 Å². The fourth-order valence-corrected chi connectivity index (χ4v) is 2.95. The van der Waals surface area contributed by atoms with E-state index in [-0.39, 0.29) is 6.10 Å². The third kappa shape index (κ3) is 2.92. The highest BCUT2D eigenvalue weighted by molar-refractivity contribution is 9.10. The van der Waals surface area contributed by atoms with Crippen molar-refractivity contribution in [2.45, 2.75) is 25.5 Å². The average molecular weight is 333 g/mol. The molecule has 3 rings (SSSR count). The van der Waals surface area contributed by atoms with Gasteiger partial charge in [-0.15, -0.1) is 0 Å². The Morgan fingerprint density at radius 2 is 2.25 bits per heavy atom. The van der Waals surface area contributed by atoms with Gasteiger partial charge < -0.3 is 4.74 Å². The summed E-state index contributed by atoms with van der Waals surface area (Å²) < 4.78 is 7.13. The molecule has 0 fully saturated rings. The first kappa shape index (κ1) is 13.7. The number of nitrogens with one attached hydrogen (secondary N) is 1. The van der Waals surface area contributed by atoms with Crippen molar-refractivity contribution in [3.63, 3.8) is 0 Å². The Morgan fingerprint density at radius 1 is 1.35 bits per heavy atom. The largest absolute Gasteiger partial charge is 0.354 e. The molecular weight excluding hydrogens is 316 g/mol. The Balaban J connectivity index is 2.07. The van der Waals surface area contributed by atoms with E-state index in [0.29, 0.717) is 12.8 Å². The molecule has 0 amide bonds. The van der Waals surface area contributed by atoms with E-state index in [1.165, 1.54) is 11.1 Å². The molecule has 1 aromatic heterocycles. The Morgan fingerprint density at radius 3 is 3.05 bits per heavy atom. The van der Waals surface area contributed by atoms with Crippen LogP contribution in [0.25, 0.3) is 0 Å². The fourth-order valence-electron chi connectivity index (χ4n) is 2.57. The molecule has 2 atom stereocenters. The fraction of sp³-hybridized carbons (Fsp3) is 0.312. The van der Waals surface area contributed by atoms with Gasteiger partial charge in [0.1, 0.15) is 6.10 Å². The maximum absolute atomic E-state index is 6.05. The molecule has 0 saturated carbocycles. The van der Waals surface area contributed by atoms with Crippen LogP contribution in [-0.2, 0) is 11.2 Å². The SMILES string of the molecule is CC1Cc2ccc(Br)cc2C(c2cccnc2)OCN1. The summed E-state index contributed by atoms with van der Waals surface area (Å²) in [6, 6.07) is 10.8. The maximum Gasteiger partial charge on any atom is 0.111 e. The monoisotopic (exact) mass is 332 g/mol. The molecular formula is C16H17BrN2O.